The van der Waals surface area contributed by atoms with Crippen LogP contribution in [0.15, 0.2) is 18.2 Å². The summed E-state index contributed by atoms with van der Waals surface area (Å²) in [6, 6.07) is 4.86. The van der Waals surface area contributed by atoms with Crippen molar-refractivity contribution in [3.63, 3.8) is 0 Å². The number of hydrogen-bond donors (Lipinski definition) is 0. The first-order valence-electron chi connectivity index (χ1n) is 4.52. The number of rotatable bonds is 5. The SMILES string of the molecule is COCCOc1ccc(C)cc1[N+](=O)[O-]. The molecule has 0 N–H and O–H groups in total. The van der Waals surface area contributed by atoms with E-state index in [-0.39, 0.29) is 11.4 Å². The first kappa shape index (κ1) is 11.5. The van der Waals surface area contributed by atoms with Gasteiger partial charge in [-0.25, -0.2) is 0 Å². The van der Waals surface area contributed by atoms with Crippen LogP contribution in [-0.4, -0.2) is 25.2 Å². The largest absolute Gasteiger partial charge is 0.484 e. The minimum atomic E-state index is -0.449. The highest BCUT2D eigenvalue weighted by atomic mass is 16.6. The molecule has 0 aromatic heterocycles. The second-order valence-corrected chi connectivity index (χ2v) is 3.07. The van der Waals surface area contributed by atoms with Gasteiger partial charge in [-0.1, -0.05) is 6.07 Å². The Labute approximate surface area is 87.8 Å². The zero-order valence-electron chi connectivity index (χ0n) is 8.73. The van der Waals surface area contributed by atoms with Crippen molar-refractivity contribution < 1.29 is 14.4 Å². The highest BCUT2D eigenvalue weighted by Crippen LogP contribution is 2.27. The van der Waals surface area contributed by atoms with Crippen molar-refractivity contribution in [2.45, 2.75) is 6.92 Å². The monoisotopic (exact) mass is 211 g/mol. The third-order valence-corrected chi connectivity index (χ3v) is 1.86. The number of nitro groups is 1. The highest BCUT2D eigenvalue weighted by Gasteiger charge is 2.14. The maximum Gasteiger partial charge on any atom is 0.311 e. The predicted molar refractivity (Wildman–Crippen MR) is 55.2 cm³/mol. The van der Waals surface area contributed by atoms with E-state index >= 15 is 0 Å². The van der Waals surface area contributed by atoms with Crippen LogP contribution in [0.1, 0.15) is 5.56 Å². The number of benzene rings is 1. The number of nitro benzene ring substituents is 1. The van der Waals surface area contributed by atoms with Gasteiger partial charge in [-0.3, -0.25) is 10.1 Å². The molecule has 0 spiro atoms. The van der Waals surface area contributed by atoms with Crippen LogP contribution in [0.3, 0.4) is 0 Å². The van der Waals surface area contributed by atoms with E-state index in [1.165, 1.54) is 6.07 Å². The first-order valence-corrected chi connectivity index (χ1v) is 4.52. The van der Waals surface area contributed by atoms with Gasteiger partial charge in [0.05, 0.1) is 11.5 Å². The summed E-state index contributed by atoms with van der Waals surface area (Å²) in [5.41, 5.74) is 0.826. The van der Waals surface area contributed by atoms with Gasteiger partial charge in [0.15, 0.2) is 5.75 Å². The summed E-state index contributed by atoms with van der Waals surface area (Å²) < 4.78 is 10.0. The van der Waals surface area contributed by atoms with Crippen LogP contribution in [0.5, 0.6) is 5.75 Å². The molecule has 0 aliphatic heterocycles. The molecule has 0 aliphatic rings. The molecule has 5 nitrogen and oxygen atoms in total. The third-order valence-electron chi connectivity index (χ3n) is 1.86. The summed E-state index contributed by atoms with van der Waals surface area (Å²) in [5, 5.41) is 10.7. The van der Waals surface area contributed by atoms with Crippen molar-refractivity contribution in [2.75, 3.05) is 20.3 Å². The van der Waals surface area contributed by atoms with Crippen LogP contribution in [0.25, 0.3) is 0 Å². The van der Waals surface area contributed by atoms with Gasteiger partial charge in [0, 0.05) is 13.2 Å². The standard InChI is InChI=1S/C10H13NO4/c1-8-3-4-10(15-6-5-14-2)9(7-8)11(12)13/h3-4,7H,5-6H2,1-2H3. The van der Waals surface area contributed by atoms with Gasteiger partial charge < -0.3 is 9.47 Å². The van der Waals surface area contributed by atoms with Crippen molar-refractivity contribution in [3.05, 3.63) is 33.9 Å². The fourth-order valence-corrected chi connectivity index (χ4v) is 1.13. The third kappa shape index (κ3) is 3.21. The Kier molecular flexibility index (Phi) is 4.05. The maximum absolute atomic E-state index is 10.7. The molecule has 82 valence electrons. The van der Waals surface area contributed by atoms with Crippen LogP contribution >= 0.6 is 0 Å². The summed E-state index contributed by atoms with van der Waals surface area (Å²) in [7, 11) is 1.55. The molecule has 15 heavy (non-hydrogen) atoms. The Morgan fingerprint density at radius 2 is 2.13 bits per heavy atom. The van der Waals surface area contributed by atoms with Crippen molar-refractivity contribution >= 4 is 5.69 Å². The molecule has 0 radical (unpaired) electrons. The maximum atomic E-state index is 10.7. The quantitative estimate of drug-likeness (QED) is 0.424. The minimum absolute atomic E-state index is 0.00824. The highest BCUT2D eigenvalue weighted by molar-refractivity contribution is 5.48. The number of methoxy groups -OCH3 is 1. The van der Waals surface area contributed by atoms with E-state index in [0.29, 0.717) is 13.2 Å². The van der Waals surface area contributed by atoms with Gasteiger partial charge in [0.2, 0.25) is 0 Å². The molecule has 0 saturated heterocycles. The lowest BCUT2D eigenvalue weighted by atomic mass is 10.2. The van der Waals surface area contributed by atoms with Crippen LogP contribution in [0.4, 0.5) is 5.69 Å². The molecule has 5 heteroatoms. The number of ether oxygens (including phenoxy) is 2. The molecular formula is C10H13NO4. The summed E-state index contributed by atoms with van der Waals surface area (Å²) in [6.07, 6.45) is 0. The molecule has 0 unspecified atom stereocenters. The van der Waals surface area contributed by atoms with Gasteiger partial charge in [-0.2, -0.15) is 0 Å². The Morgan fingerprint density at radius 3 is 2.73 bits per heavy atom. The average Bonchev–Trinajstić information content (AvgIpc) is 2.20. The molecule has 1 aromatic rings. The van der Waals surface area contributed by atoms with Crippen LogP contribution in [0.2, 0.25) is 0 Å². The first-order chi connectivity index (χ1) is 7.15. The predicted octanol–water partition coefficient (Wildman–Crippen LogP) is 1.93. The average molecular weight is 211 g/mol. The summed E-state index contributed by atoms with van der Waals surface area (Å²) in [4.78, 5) is 10.3. The number of aryl methyl sites for hydroxylation is 1. The molecule has 1 rings (SSSR count). The van der Waals surface area contributed by atoms with Crippen molar-refractivity contribution in [2.24, 2.45) is 0 Å². The fraction of sp³-hybridized carbons (Fsp3) is 0.400. The second-order valence-electron chi connectivity index (χ2n) is 3.07. The molecule has 0 amide bonds. The summed E-state index contributed by atoms with van der Waals surface area (Å²) in [6.45, 7) is 2.51. The molecular weight excluding hydrogens is 198 g/mol. The van der Waals surface area contributed by atoms with E-state index in [4.69, 9.17) is 9.47 Å². The van der Waals surface area contributed by atoms with Crippen LogP contribution in [-0.2, 0) is 4.74 Å². The van der Waals surface area contributed by atoms with Crippen LogP contribution in [0, 0.1) is 17.0 Å². The normalized spacial score (nSPS) is 10.0. The van der Waals surface area contributed by atoms with E-state index < -0.39 is 4.92 Å². The van der Waals surface area contributed by atoms with Gasteiger partial charge >= 0.3 is 5.69 Å². The zero-order chi connectivity index (χ0) is 11.3. The van der Waals surface area contributed by atoms with E-state index in [2.05, 4.69) is 0 Å². The Balaban J connectivity index is 2.81. The Morgan fingerprint density at radius 1 is 1.40 bits per heavy atom. The van der Waals surface area contributed by atoms with E-state index in [9.17, 15) is 10.1 Å². The summed E-state index contributed by atoms with van der Waals surface area (Å²) in [5.74, 6) is 0.280. The Bertz CT molecular complexity index is 351. The lowest BCUT2D eigenvalue weighted by molar-refractivity contribution is -0.385. The van der Waals surface area contributed by atoms with E-state index in [1.807, 2.05) is 0 Å². The van der Waals surface area contributed by atoms with Crippen LogP contribution < -0.4 is 4.74 Å². The molecule has 0 atom stereocenters. The molecule has 0 fully saturated rings. The topological polar surface area (TPSA) is 61.6 Å². The van der Waals surface area contributed by atoms with Crippen molar-refractivity contribution in [3.8, 4) is 5.75 Å². The van der Waals surface area contributed by atoms with E-state index in [0.717, 1.165) is 5.56 Å². The second kappa shape index (κ2) is 5.31. The summed E-state index contributed by atoms with van der Waals surface area (Å²) >= 11 is 0. The molecule has 0 bridgehead atoms. The lowest BCUT2D eigenvalue weighted by Crippen LogP contribution is -2.05. The molecule has 1 aromatic carbocycles. The van der Waals surface area contributed by atoms with E-state index in [1.54, 1.807) is 26.2 Å². The van der Waals surface area contributed by atoms with Gasteiger partial charge in [-0.05, 0) is 18.6 Å². The van der Waals surface area contributed by atoms with Crippen molar-refractivity contribution in [1.82, 2.24) is 0 Å². The van der Waals surface area contributed by atoms with Crippen molar-refractivity contribution in [1.29, 1.82) is 0 Å². The van der Waals surface area contributed by atoms with Gasteiger partial charge in [0.25, 0.3) is 0 Å². The zero-order valence-corrected chi connectivity index (χ0v) is 8.73. The smallest absolute Gasteiger partial charge is 0.311 e. The molecule has 0 heterocycles. The number of nitrogens with zero attached hydrogens (tertiary/aromatic N) is 1. The minimum Gasteiger partial charge on any atom is -0.484 e. The van der Waals surface area contributed by atoms with Gasteiger partial charge in [0.1, 0.15) is 6.61 Å². The van der Waals surface area contributed by atoms with Gasteiger partial charge in [-0.15, -0.1) is 0 Å². The molecule has 0 saturated carbocycles. The molecule has 0 aliphatic carbocycles. The fourth-order valence-electron chi connectivity index (χ4n) is 1.13. The Hall–Kier alpha value is -1.62. The lowest BCUT2D eigenvalue weighted by Gasteiger charge is -2.06. The number of hydrogen-bond acceptors (Lipinski definition) is 4.